The van der Waals surface area contributed by atoms with Crippen LogP contribution >= 0.6 is 12.2 Å². The molecule has 26 heavy (non-hydrogen) atoms. The van der Waals surface area contributed by atoms with Crippen LogP contribution in [0.3, 0.4) is 0 Å². The predicted molar refractivity (Wildman–Crippen MR) is 108 cm³/mol. The second kappa shape index (κ2) is 8.15. The van der Waals surface area contributed by atoms with Crippen LogP contribution in [0, 0.1) is 5.92 Å². The highest BCUT2D eigenvalue weighted by molar-refractivity contribution is 7.80. The van der Waals surface area contributed by atoms with E-state index in [1.165, 1.54) is 0 Å². The molecule has 0 bridgehead atoms. The second-order valence-corrected chi connectivity index (χ2v) is 7.00. The van der Waals surface area contributed by atoms with Crippen molar-refractivity contribution in [2.24, 2.45) is 5.92 Å². The molecule has 1 amide bonds. The molecular formula is C21H22N2O2S. The normalized spacial score (nSPS) is 15.7. The molecule has 4 nitrogen and oxygen atoms in total. The number of benzene rings is 2. The van der Waals surface area contributed by atoms with E-state index in [-0.39, 0.29) is 5.91 Å². The fourth-order valence-electron chi connectivity index (χ4n) is 2.66. The molecule has 0 saturated carbocycles. The van der Waals surface area contributed by atoms with Crippen LogP contribution in [0.2, 0.25) is 0 Å². The molecule has 1 aliphatic rings. The van der Waals surface area contributed by atoms with Crippen molar-refractivity contribution in [2.75, 3.05) is 6.54 Å². The topological polar surface area (TPSA) is 41.6 Å². The van der Waals surface area contributed by atoms with Gasteiger partial charge in [-0.2, -0.15) is 0 Å². The predicted octanol–water partition coefficient (Wildman–Crippen LogP) is 4.58. The molecule has 0 atom stereocenters. The Morgan fingerprint density at radius 3 is 2.58 bits per heavy atom. The van der Waals surface area contributed by atoms with Crippen molar-refractivity contribution in [3.63, 3.8) is 0 Å². The summed E-state index contributed by atoms with van der Waals surface area (Å²) < 4.78 is 5.87. The number of carbonyl (C=O) groups is 1. The molecule has 1 N–H and O–H groups in total. The van der Waals surface area contributed by atoms with Crippen LogP contribution in [0.15, 0.2) is 60.3 Å². The van der Waals surface area contributed by atoms with E-state index >= 15 is 0 Å². The van der Waals surface area contributed by atoms with E-state index in [1.54, 1.807) is 0 Å². The number of rotatable bonds is 6. The molecule has 0 aliphatic carbocycles. The molecule has 1 saturated heterocycles. The molecule has 2 aromatic carbocycles. The van der Waals surface area contributed by atoms with Gasteiger partial charge in [-0.25, -0.2) is 0 Å². The summed E-state index contributed by atoms with van der Waals surface area (Å²) >= 11 is 5.30. The van der Waals surface area contributed by atoms with Gasteiger partial charge in [0.25, 0.3) is 5.91 Å². The number of thiocarbonyl (C=S) groups is 1. The lowest BCUT2D eigenvalue weighted by molar-refractivity contribution is -0.115. The number of ether oxygens (including phenoxy) is 1. The Kier molecular flexibility index (Phi) is 5.68. The van der Waals surface area contributed by atoms with Gasteiger partial charge in [-0.05, 0) is 60.5 Å². The van der Waals surface area contributed by atoms with Gasteiger partial charge in [0.15, 0.2) is 5.11 Å². The Bertz CT molecular complexity index is 831. The Balaban J connectivity index is 1.82. The standard InChI is InChI=1S/C21H22N2O2S/c1-15(2)11-12-23-19(20(24)22-21(23)26)14-16-7-6-10-18(13-16)25-17-8-4-3-5-9-17/h3-10,13-15H,11-12H2,1-2H3,(H,22,24,26)/b19-14+. The average molecular weight is 366 g/mol. The lowest BCUT2D eigenvalue weighted by Crippen LogP contribution is -2.28. The Labute approximate surface area is 159 Å². The van der Waals surface area contributed by atoms with Crippen LogP contribution < -0.4 is 10.1 Å². The molecule has 2 aromatic rings. The molecule has 134 valence electrons. The molecule has 5 heteroatoms. The van der Waals surface area contributed by atoms with Crippen molar-refractivity contribution in [3.8, 4) is 11.5 Å². The van der Waals surface area contributed by atoms with E-state index in [2.05, 4.69) is 19.2 Å². The number of hydrogen-bond acceptors (Lipinski definition) is 3. The summed E-state index contributed by atoms with van der Waals surface area (Å²) in [5.41, 5.74) is 1.47. The summed E-state index contributed by atoms with van der Waals surface area (Å²) in [6.45, 7) is 5.03. The Morgan fingerprint density at radius 2 is 1.85 bits per heavy atom. The van der Waals surface area contributed by atoms with Gasteiger partial charge in [-0.15, -0.1) is 0 Å². The maximum absolute atomic E-state index is 12.3. The van der Waals surface area contributed by atoms with Crippen molar-refractivity contribution in [1.29, 1.82) is 0 Å². The smallest absolute Gasteiger partial charge is 0.274 e. The fraction of sp³-hybridized carbons (Fsp3) is 0.238. The van der Waals surface area contributed by atoms with Crippen molar-refractivity contribution >= 4 is 29.3 Å². The first kappa shape index (κ1) is 18.1. The van der Waals surface area contributed by atoms with Crippen LogP contribution in [0.4, 0.5) is 0 Å². The van der Waals surface area contributed by atoms with Gasteiger partial charge in [0.2, 0.25) is 0 Å². The van der Waals surface area contributed by atoms with Gasteiger partial charge in [-0.3, -0.25) is 10.1 Å². The van der Waals surface area contributed by atoms with Gasteiger partial charge in [0, 0.05) is 6.54 Å². The van der Waals surface area contributed by atoms with Crippen molar-refractivity contribution in [3.05, 3.63) is 65.9 Å². The average Bonchev–Trinajstić information content (AvgIpc) is 2.87. The SMILES string of the molecule is CC(C)CCN1C(=S)NC(=O)/C1=C\c1cccc(Oc2ccccc2)c1. The van der Waals surface area contributed by atoms with E-state index in [4.69, 9.17) is 17.0 Å². The third-order valence-corrected chi connectivity index (χ3v) is 4.38. The highest BCUT2D eigenvalue weighted by atomic mass is 32.1. The van der Waals surface area contributed by atoms with Crippen LogP contribution in [-0.2, 0) is 4.79 Å². The zero-order valence-corrected chi connectivity index (χ0v) is 15.8. The maximum Gasteiger partial charge on any atom is 0.274 e. The van der Waals surface area contributed by atoms with E-state index in [9.17, 15) is 4.79 Å². The Hall–Kier alpha value is -2.66. The van der Waals surface area contributed by atoms with Crippen LogP contribution in [0.25, 0.3) is 6.08 Å². The van der Waals surface area contributed by atoms with Gasteiger partial charge in [-0.1, -0.05) is 44.2 Å². The minimum Gasteiger partial charge on any atom is -0.457 e. The highest BCUT2D eigenvalue weighted by Crippen LogP contribution is 2.24. The van der Waals surface area contributed by atoms with Crippen molar-refractivity contribution in [2.45, 2.75) is 20.3 Å². The van der Waals surface area contributed by atoms with Crippen molar-refractivity contribution in [1.82, 2.24) is 10.2 Å². The van der Waals surface area contributed by atoms with Gasteiger partial charge < -0.3 is 9.64 Å². The molecule has 1 aliphatic heterocycles. The third-order valence-electron chi connectivity index (χ3n) is 4.06. The van der Waals surface area contributed by atoms with Gasteiger partial charge in [0.1, 0.15) is 17.2 Å². The highest BCUT2D eigenvalue weighted by Gasteiger charge is 2.29. The number of carbonyl (C=O) groups excluding carboxylic acids is 1. The van der Waals surface area contributed by atoms with Crippen LogP contribution in [-0.4, -0.2) is 22.5 Å². The Morgan fingerprint density at radius 1 is 1.12 bits per heavy atom. The van der Waals surface area contributed by atoms with Gasteiger partial charge >= 0.3 is 0 Å². The van der Waals surface area contributed by atoms with Crippen LogP contribution in [0.1, 0.15) is 25.8 Å². The lowest BCUT2D eigenvalue weighted by Gasteiger charge is -2.18. The monoisotopic (exact) mass is 366 g/mol. The summed E-state index contributed by atoms with van der Waals surface area (Å²) in [6, 6.07) is 17.3. The summed E-state index contributed by atoms with van der Waals surface area (Å²) in [5.74, 6) is 1.88. The first-order valence-electron chi connectivity index (χ1n) is 8.70. The maximum atomic E-state index is 12.3. The molecular weight excluding hydrogens is 344 g/mol. The molecule has 0 unspecified atom stereocenters. The number of amides is 1. The largest absolute Gasteiger partial charge is 0.457 e. The third kappa shape index (κ3) is 4.49. The lowest BCUT2D eigenvalue weighted by atomic mass is 10.1. The molecule has 1 heterocycles. The first-order valence-corrected chi connectivity index (χ1v) is 9.11. The number of para-hydroxylation sites is 1. The molecule has 0 aromatic heterocycles. The minimum atomic E-state index is -0.159. The summed E-state index contributed by atoms with van der Waals surface area (Å²) in [7, 11) is 0. The minimum absolute atomic E-state index is 0.159. The number of hydrogen-bond donors (Lipinski definition) is 1. The molecule has 1 fully saturated rings. The summed E-state index contributed by atoms with van der Waals surface area (Å²) in [4.78, 5) is 14.2. The van der Waals surface area contributed by atoms with E-state index in [1.807, 2.05) is 65.6 Å². The molecule has 0 radical (unpaired) electrons. The summed E-state index contributed by atoms with van der Waals surface area (Å²) in [5, 5.41) is 3.21. The quantitative estimate of drug-likeness (QED) is 0.600. The zero-order valence-electron chi connectivity index (χ0n) is 14.9. The van der Waals surface area contributed by atoms with E-state index < -0.39 is 0 Å². The molecule has 0 spiro atoms. The van der Waals surface area contributed by atoms with E-state index in [0.29, 0.717) is 16.7 Å². The van der Waals surface area contributed by atoms with Gasteiger partial charge in [0.05, 0.1) is 0 Å². The zero-order chi connectivity index (χ0) is 18.5. The molecule has 3 rings (SSSR count). The fourth-order valence-corrected chi connectivity index (χ4v) is 2.95. The van der Waals surface area contributed by atoms with E-state index in [0.717, 1.165) is 30.0 Å². The number of nitrogens with zero attached hydrogens (tertiary/aromatic N) is 1. The van der Waals surface area contributed by atoms with Crippen molar-refractivity contribution < 1.29 is 9.53 Å². The first-order chi connectivity index (χ1) is 12.5. The summed E-state index contributed by atoms with van der Waals surface area (Å²) in [6.07, 6.45) is 2.82. The number of nitrogens with one attached hydrogen (secondary N) is 1. The van der Waals surface area contributed by atoms with Crippen LogP contribution in [0.5, 0.6) is 11.5 Å². The second-order valence-electron chi connectivity index (χ2n) is 6.61.